The Morgan fingerprint density at radius 3 is 2.32 bits per heavy atom. The number of hydrogen-bond acceptors (Lipinski definition) is 5. The molecule has 9 heteroatoms. The van der Waals surface area contributed by atoms with Crippen molar-refractivity contribution in [1.29, 1.82) is 0 Å². The number of aryl methyl sites for hydroxylation is 1. The summed E-state index contributed by atoms with van der Waals surface area (Å²) in [6, 6.07) is 14.8. The summed E-state index contributed by atoms with van der Waals surface area (Å²) in [6.45, 7) is 3.18. The van der Waals surface area contributed by atoms with Crippen LogP contribution < -0.4 is 0 Å². The van der Waals surface area contributed by atoms with Crippen LogP contribution in [0, 0.1) is 0 Å². The molecule has 1 fully saturated rings. The number of amides is 1. The zero-order valence-corrected chi connectivity index (χ0v) is 20.5. The van der Waals surface area contributed by atoms with E-state index in [1.54, 1.807) is 32.3 Å². The highest BCUT2D eigenvalue weighted by molar-refractivity contribution is 7.89. The fourth-order valence-electron chi connectivity index (χ4n) is 4.20. The zero-order valence-electron chi connectivity index (χ0n) is 19.7. The van der Waals surface area contributed by atoms with Gasteiger partial charge in [-0.05, 0) is 61.6 Å². The van der Waals surface area contributed by atoms with E-state index >= 15 is 0 Å². The third kappa shape index (κ3) is 5.37. The molecule has 2 aromatic carbocycles. The molecule has 0 spiro atoms. The molecule has 180 valence electrons. The molecule has 1 aliphatic heterocycles. The second kappa shape index (κ2) is 10.5. The van der Waals surface area contributed by atoms with E-state index in [9.17, 15) is 13.2 Å². The van der Waals surface area contributed by atoms with Gasteiger partial charge in [-0.25, -0.2) is 18.1 Å². The maximum atomic E-state index is 12.8. The van der Waals surface area contributed by atoms with E-state index in [4.69, 9.17) is 0 Å². The van der Waals surface area contributed by atoms with Crippen molar-refractivity contribution in [2.45, 2.75) is 50.0 Å². The predicted molar refractivity (Wildman–Crippen MR) is 130 cm³/mol. The van der Waals surface area contributed by atoms with Crippen molar-refractivity contribution in [1.82, 2.24) is 24.0 Å². The molecular formula is C25H31N5O3S. The Kier molecular flexibility index (Phi) is 7.43. The van der Waals surface area contributed by atoms with Crippen LogP contribution in [0.2, 0.25) is 0 Å². The summed E-state index contributed by atoms with van der Waals surface area (Å²) in [7, 11) is -1.62. The molecule has 1 aliphatic rings. The lowest BCUT2D eigenvalue weighted by atomic mass is 10.1. The Hall–Kier alpha value is -3.04. The van der Waals surface area contributed by atoms with Gasteiger partial charge in [0.05, 0.1) is 16.6 Å². The maximum Gasteiger partial charge on any atom is 0.243 e. The molecule has 1 aromatic heterocycles. The van der Waals surface area contributed by atoms with E-state index in [1.165, 1.54) is 6.33 Å². The molecule has 1 amide bonds. The van der Waals surface area contributed by atoms with Crippen LogP contribution in [0.1, 0.15) is 49.8 Å². The largest absolute Gasteiger partial charge is 0.339 e. The topological polar surface area (TPSA) is 88.4 Å². The van der Waals surface area contributed by atoms with Crippen molar-refractivity contribution in [3.05, 3.63) is 72.3 Å². The Morgan fingerprint density at radius 1 is 1.03 bits per heavy atom. The SMILES string of the molecule is C[C@@H](c1ccc(-n2cncn2)cc1)N(C)C(=O)CCc1ccc(S(=O)(=O)N2CCCCC2)cc1. The molecule has 8 nitrogen and oxygen atoms in total. The van der Waals surface area contributed by atoms with E-state index in [2.05, 4.69) is 10.1 Å². The third-order valence-electron chi connectivity index (χ3n) is 6.54. The second-order valence-electron chi connectivity index (χ2n) is 8.72. The molecule has 0 unspecified atom stereocenters. The van der Waals surface area contributed by atoms with E-state index in [0.717, 1.165) is 36.1 Å². The summed E-state index contributed by atoms with van der Waals surface area (Å²) >= 11 is 0. The molecule has 3 aromatic rings. The van der Waals surface area contributed by atoms with E-state index in [-0.39, 0.29) is 11.9 Å². The first-order chi connectivity index (χ1) is 16.4. The van der Waals surface area contributed by atoms with E-state index in [1.807, 2.05) is 50.4 Å². The number of carbonyl (C=O) groups is 1. The minimum Gasteiger partial charge on any atom is -0.339 e. The van der Waals surface area contributed by atoms with Crippen molar-refractivity contribution in [3.8, 4) is 5.69 Å². The molecule has 1 saturated heterocycles. The van der Waals surface area contributed by atoms with Gasteiger partial charge in [0.1, 0.15) is 12.7 Å². The molecule has 0 aliphatic carbocycles. The fraction of sp³-hybridized carbons (Fsp3) is 0.400. The summed E-state index contributed by atoms with van der Waals surface area (Å²) in [6.07, 6.45) is 6.96. The fourth-order valence-corrected chi connectivity index (χ4v) is 5.71. The van der Waals surface area contributed by atoms with Crippen LogP contribution in [0.15, 0.2) is 66.1 Å². The van der Waals surface area contributed by atoms with Gasteiger partial charge in [0.2, 0.25) is 15.9 Å². The van der Waals surface area contributed by atoms with Crippen molar-refractivity contribution >= 4 is 15.9 Å². The summed E-state index contributed by atoms with van der Waals surface area (Å²) in [5, 5.41) is 4.13. The monoisotopic (exact) mass is 481 g/mol. The number of sulfonamides is 1. The van der Waals surface area contributed by atoms with Crippen LogP contribution in [0.3, 0.4) is 0 Å². The lowest BCUT2D eigenvalue weighted by Crippen LogP contribution is -2.35. The molecule has 4 rings (SSSR count). The second-order valence-corrected chi connectivity index (χ2v) is 10.7. The van der Waals surface area contributed by atoms with Crippen LogP contribution in [-0.4, -0.2) is 58.4 Å². The summed E-state index contributed by atoms with van der Waals surface area (Å²) in [5.74, 6) is 0.0397. The Bertz CT molecular complexity index is 1190. The molecule has 0 N–H and O–H groups in total. The summed E-state index contributed by atoms with van der Waals surface area (Å²) in [5.41, 5.74) is 2.89. The first-order valence-corrected chi connectivity index (χ1v) is 13.1. The standard InChI is InChI=1S/C25H31N5O3S/c1-20(22-9-11-23(12-10-22)30-19-26-18-27-30)28(2)25(31)15-8-21-6-13-24(14-7-21)34(32,33)29-16-4-3-5-17-29/h6-7,9-14,18-20H,3-5,8,15-17H2,1-2H3/t20-/m0/s1. The van der Waals surface area contributed by atoms with Gasteiger partial charge >= 0.3 is 0 Å². The van der Waals surface area contributed by atoms with Crippen molar-refractivity contribution in [3.63, 3.8) is 0 Å². The molecule has 1 atom stereocenters. The highest BCUT2D eigenvalue weighted by atomic mass is 32.2. The van der Waals surface area contributed by atoms with Gasteiger partial charge in [-0.3, -0.25) is 4.79 Å². The molecule has 34 heavy (non-hydrogen) atoms. The number of carbonyl (C=O) groups excluding carboxylic acids is 1. The maximum absolute atomic E-state index is 12.8. The highest BCUT2D eigenvalue weighted by Crippen LogP contribution is 2.23. The zero-order chi connectivity index (χ0) is 24.1. The lowest BCUT2D eigenvalue weighted by Gasteiger charge is -2.26. The van der Waals surface area contributed by atoms with Gasteiger partial charge in [-0.1, -0.05) is 30.7 Å². The minimum absolute atomic E-state index is 0.0397. The van der Waals surface area contributed by atoms with Crippen LogP contribution in [-0.2, 0) is 21.2 Å². The van der Waals surface area contributed by atoms with Crippen LogP contribution >= 0.6 is 0 Å². The van der Waals surface area contributed by atoms with E-state index < -0.39 is 10.0 Å². The van der Waals surface area contributed by atoms with Crippen molar-refractivity contribution < 1.29 is 13.2 Å². The summed E-state index contributed by atoms with van der Waals surface area (Å²) in [4.78, 5) is 18.8. The van der Waals surface area contributed by atoms with Gasteiger partial charge in [0.25, 0.3) is 0 Å². The first kappa shape index (κ1) is 24.1. The smallest absolute Gasteiger partial charge is 0.243 e. The lowest BCUT2D eigenvalue weighted by molar-refractivity contribution is -0.131. The average molecular weight is 482 g/mol. The van der Waals surface area contributed by atoms with Crippen LogP contribution in [0.25, 0.3) is 5.69 Å². The van der Waals surface area contributed by atoms with Gasteiger partial charge in [-0.15, -0.1) is 0 Å². The average Bonchev–Trinajstić information content (AvgIpc) is 3.42. The Balaban J connectivity index is 1.33. The Labute approximate surface area is 201 Å². The highest BCUT2D eigenvalue weighted by Gasteiger charge is 2.25. The first-order valence-electron chi connectivity index (χ1n) is 11.7. The quantitative estimate of drug-likeness (QED) is 0.491. The minimum atomic E-state index is -3.43. The number of nitrogens with zero attached hydrogens (tertiary/aromatic N) is 5. The van der Waals surface area contributed by atoms with Gasteiger partial charge in [-0.2, -0.15) is 9.40 Å². The van der Waals surface area contributed by atoms with Gasteiger partial charge in [0, 0.05) is 26.6 Å². The summed E-state index contributed by atoms with van der Waals surface area (Å²) < 4.78 is 28.9. The third-order valence-corrected chi connectivity index (χ3v) is 8.45. The number of aromatic nitrogens is 3. The van der Waals surface area contributed by atoms with Crippen LogP contribution in [0.5, 0.6) is 0 Å². The predicted octanol–water partition coefficient (Wildman–Crippen LogP) is 3.59. The van der Waals surface area contributed by atoms with Crippen molar-refractivity contribution in [2.75, 3.05) is 20.1 Å². The molecule has 0 bridgehead atoms. The molecule has 0 saturated carbocycles. The number of rotatable bonds is 8. The number of benzene rings is 2. The van der Waals surface area contributed by atoms with Gasteiger partial charge < -0.3 is 4.90 Å². The van der Waals surface area contributed by atoms with E-state index in [0.29, 0.717) is 30.8 Å². The molecular weight excluding hydrogens is 450 g/mol. The molecule has 0 radical (unpaired) electrons. The Morgan fingerprint density at radius 2 is 1.71 bits per heavy atom. The normalized spacial score (nSPS) is 15.7. The molecule has 2 heterocycles. The van der Waals surface area contributed by atoms with Gasteiger partial charge in [0.15, 0.2) is 0 Å². The number of hydrogen-bond donors (Lipinski definition) is 0. The number of piperidine rings is 1. The van der Waals surface area contributed by atoms with Crippen LogP contribution in [0.4, 0.5) is 0 Å². The van der Waals surface area contributed by atoms with Crippen molar-refractivity contribution in [2.24, 2.45) is 0 Å².